The van der Waals surface area contributed by atoms with Gasteiger partial charge in [-0.15, -0.1) is 11.3 Å². The van der Waals surface area contributed by atoms with E-state index in [1.807, 2.05) is 13.2 Å². The molecule has 0 spiro atoms. The van der Waals surface area contributed by atoms with Crippen LogP contribution in [0.3, 0.4) is 0 Å². The zero-order chi connectivity index (χ0) is 14.9. The van der Waals surface area contributed by atoms with E-state index in [2.05, 4.69) is 43.2 Å². The molecule has 0 aliphatic heterocycles. The average Bonchev–Trinajstić information content (AvgIpc) is 2.94. The number of thiazole rings is 1. The van der Waals surface area contributed by atoms with Crippen LogP contribution in [0.5, 0.6) is 0 Å². The van der Waals surface area contributed by atoms with E-state index in [1.54, 1.807) is 16.0 Å². The summed E-state index contributed by atoms with van der Waals surface area (Å²) in [6.07, 6.45) is 2.76. The molecule has 1 atom stereocenters. The maximum atomic E-state index is 10.4. The summed E-state index contributed by atoms with van der Waals surface area (Å²) >= 11 is 1.62. The van der Waals surface area contributed by atoms with Gasteiger partial charge in [-0.05, 0) is 6.42 Å². The molecule has 2 rings (SSSR count). The Morgan fingerprint density at radius 3 is 2.65 bits per heavy atom. The van der Waals surface area contributed by atoms with Crippen LogP contribution >= 0.6 is 11.3 Å². The Morgan fingerprint density at radius 2 is 2.10 bits per heavy atom. The first kappa shape index (κ1) is 15.2. The van der Waals surface area contributed by atoms with E-state index < -0.39 is 6.10 Å². The molecule has 0 saturated carbocycles. The molecule has 20 heavy (non-hydrogen) atoms. The van der Waals surface area contributed by atoms with E-state index in [4.69, 9.17) is 0 Å². The van der Waals surface area contributed by atoms with Crippen molar-refractivity contribution in [2.24, 2.45) is 7.05 Å². The minimum Gasteiger partial charge on any atom is -0.388 e. The van der Waals surface area contributed by atoms with Gasteiger partial charge in [0.15, 0.2) is 0 Å². The molecule has 1 N–H and O–H groups in total. The van der Waals surface area contributed by atoms with E-state index in [0.29, 0.717) is 6.42 Å². The van der Waals surface area contributed by atoms with Gasteiger partial charge in [-0.3, -0.25) is 4.68 Å². The van der Waals surface area contributed by atoms with Crippen molar-refractivity contribution in [2.45, 2.75) is 52.1 Å². The molecule has 4 nitrogen and oxygen atoms in total. The molecule has 5 heteroatoms. The van der Waals surface area contributed by atoms with Crippen LogP contribution in [0.2, 0.25) is 0 Å². The molecule has 110 valence electrons. The van der Waals surface area contributed by atoms with E-state index in [9.17, 15) is 5.11 Å². The highest BCUT2D eigenvalue weighted by atomic mass is 32.1. The van der Waals surface area contributed by atoms with Crippen molar-refractivity contribution in [2.75, 3.05) is 0 Å². The van der Waals surface area contributed by atoms with Crippen LogP contribution in [0.25, 0.3) is 0 Å². The molecule has 0 aliphatic rings. The minimum atomic E-state index is -0.530. The number of aryl methyl sites for hydroxylation is 2. The highest BCUT2D eigenvalue weighted by Gasteiger charge is 2.20. The van der Waals surface area contributed by atoms with Crippen LogP contribution in [0.1, 0.15) is 55.8 Å². The fourth-order valence-corrected chi connectivity index (χ4v) is 3.19. The zero-order valence-corrected chi connectivity index (χ0v) is 13.7. The van der Waals surface area contributed by atoms with E-state index in [-0.39, 0.29) is 5.41 Å². The molecule has 0 amide bonds. The second-order valence-corrected chi connectivity index (χ2v) is 7.10. The van der Waals surface area contributed by atoms with Crippen molar-refractivity contribution >= 4 is 11.3 Å². The van der Waals surface area contributed by atoms with Crippen LogP contribution in [0.15, 0.2) is 11.6 Å². The molecule has 0 aromatic carbocycles. The number of aliphatic hydroxyl groups excluding tert-OH is 1. The standard InChI is InChI=1S/C15H23N3OS/c1-6-11-10(8-18(5)17-11)12(19)7-14-16-13(9-20-14)15(2,3)4/h8-9,12,19H,6-7H2,1-5H3. The second-order valence-electron chi connectivity index (χ2n) is 6.15. The molecule has 2 aromatic heterocycles. The lowest BCUT2D eigenvalue weighted by Gasteiger charge is -2.14. The first-order valence-electron chi connectivity index (χ1n) is 6.96. The lowest BCUT2D eigenvalue weighted by molar-refractivity contribution is 0.177. The lowest BCUT2D eigenvalue weighted by atomic mass is 9.93. The molecule has 2 heterocycles. The lowest BCUT2D eigenvalue weighted by Crippen LogP contribution is -2.12. The molecule has 0 radical (unpaired) electrons. The predicted molar refractivity (Wildman–Crippen MR) is 82.1 cm³/mol. The van der Waals surface area contributed by atoms with Crippen molar-refractivity contribution in [3.63, 3.8) is 0 Å². The van der Waals surface area contributed by atoms with Gasteiger partial charge in [0, 0.05) is 36.0 Å². The van der Waals surface area contributed by atoms with Crippen molar-refractivity contribution in [1.29, 1.82) is 0 Å². The fourth-order valence-electron chi connectivity index (χ4n) is 2.13. The van der Waals surface area contributed by atoms with Gasteiger partial charge in [0.1, 0.15) is 0 Å². The van der Waals surface area contributed by atoms with E-state index in [1.165, 1.54) is 0 Å². The number of hydrogen-bond acceptors (Lipinski definition) is 4. The van der Waals surface area contributed by atoms with Crippen LogP contribution < -0.4 is 0 Å². The minimum absolute atomic E-state index is 0.0581. The molecule has 0 saturated heterocycles. The van der Waals surface area contributed by atoms with Gasteiger partial charge in [-0.25, -0.2) is 4.98 Å². The second kappa shape index (κ2) is 5.66. The first-order chi connectivity index (χ1) is 9.31. The van der Waals surface area contributed by atoms with Crippen LogP contribution in [0, 0.1) is 0 Å². The quantitative estimate of drug-likeness (QED) is 0.942. The molecule has 2 aromatic rings. The predicted octanol–water partition coefficient (Wildman–Crippen LogP) is 3.01. The topological polar surface area (TPSA) is 50.9 Å². The van der Waals surface area contributed by atoms with E-state index in [0.717, 1.165) is 28.4 Å². The molecule has 0 bridgehead atoms. The van der Waals surface area contributed by atoms with Crippen LogP contribution in [-0.4, -0.2) is 19.9 Å². The molecular weight excluding hydrogens is 270 g/mol. The van der Waals surface area contributed by atoms with Crippen molar-refractivity contribution in [1.82, 2.24) is 14.8 Å². The Balaban J connectivity index is 2.15. The number of hydrogen-bond donors (Lipinski definition) is 1. The summed E-state index contributed by atoms with van der Waals surface area (Å²) in [6, 6.07) is 0. The van der Waals surface area contributed by atoms with Gasteiger partial charge >= 0.3 is 0 Å². The summed E-state index contributed by atoms with van der Waals surface area (Å²) in [4.78, 5) is 4.64. The summed E-state index contributed by atoms with van der Waals surface area (Å²) < 4.78 is 1.76. The summed E-state index contributed by atoms with van der Waals surface area (Å²) in [7, 11) is 1.89. The summed E-state index contributed by atoms with van der Waals surface area (Å²) in [5.41, 5.74) is 3.03. The summed E-state index contributed by atoms with van der Waals surface area (Å²) in [6.45, 7) is 8.51. The largest absolute Gasteiger partial charge is 0.388 e. The first-order valence-corrected chi connectivity index (χ1v) is 7.84. The number of aromatic nitrogens is 3. The average molecular weight is 293 g/mol. The number of nitrogens with zero attached hydrogens (tertiary/aromatic N) is 3. The molecule has 0 fully saturated rings. The van der Waals surface area contributed by atoms with Gasteiger partial charge in [-0.2, -0.15) is 5.10 Å². The maximum Gasteiger partial charge on any atom is 0.0957 e. The van der Waals surface area contributed by atoms with E-state index >= 15 is 0 Å². The van der Waals surface area contributed by atoms with Gasteiger partial charge in [0.25, 0.3) is 0 Å². The third-order valence-electron chi connectivity index (χ3n) is 3.32. The normalized spacial score (nSPS) is 13.7. The van der Waals surface area contributed by atoms with Crippen molar-refractivity contribution < 1.29 is 5.11 Å². The highest BCUT2D eigenvalue weighted by molar-refractivity contribution is 7.09. The number of aliphatic hydroxyl groups is 1. The van der Waals surface area contributed by atoms with Gasteiger partial charge < -0.3 is 5.11 Å². The van der Waals surface area contributed by atoms with Crippen molar-refractivity contribution in [3.8, 4) is 0 Å². The third-order valence-corrected chi connectivity index (χ3v) is 4.19. The van der Waals surface area contributed by atoms with Crippen LogP contribution in [0.4, 0.5) is 0 Å². The van der Waals surface area contributed by atoms with Gasteiger partial charge in [0.2, 0.25) is 0 Å². The fraction of sp³-hybridized carbons (Fsp3) is 0.600. The van der Waals surface area contributed by atoms with Gasteiger partial charge in [0.05, 0.1) is 22.5 Å². The SMILES string of the molecule is CCc1nn(C)cc1C(O)Cc1nc(C(C)(C)C)cs1. The smallest absolute Gasteiger partial charge is 0.0957 e. The Hall–Kier alpha value is -1.20. The van der Waals surface area contributed by atoms with Crippen LogP contribution in [-0.2, 0) is 25.3 Å². The Bertz CT molecular complexity index is 580. The highest BCUT2D eigenvalue weighted by Crippen LogP contribution is 2.27. The Labute approximate surface area is 124 Å². The van der Waals surface area contributed by atoms with Gasteiger partial charge in [-0.1, -0.05) is 27.7 Å². The molecular formula is C15H23N3OS. The van der Waals surface area contributed by atoms with Crippen molar-refractivity contribution in [3.05, 3.63) is 33.5 Å². The summed E-state index contributed by atoms with van der Waals surface area (Å²) in [5.74, 6) is 0. The maximum absolute atomic E-state index is 10.4. The zero-order valence-electron chi connectivity index (χ0n) is 12.8. The number of rotatable bonds is 4. The third kappa shape index (κ3) is 3.27. The molecule has 1 unspecified atom stereocenters. The monoisotopic (exact) mass is 293 g/mol. The Morgan fingerprint density at radius 1 is 1.40 bits per heavy atom. The summed E-state index contributed by atoms with van der Waals surface area (Å²) in [5, 5.41) is 17.9. The molecule has 0 aliphatic carbocycles. The Kier molecular flexibility index (Phi) is 4.30.